The lowest BCUT2D eigenvalue weighted by Gasteiger charge is -2.18. The van der Waals surface area contributed by atoms with Crippen molar-refractivity contribution in [1.82, 2.24) is 15.1 Å². The molecule has 0 bridgehead atoms. The van der Waals surface area contributed by atoms with Gasteiger partial charge in [-0.25, -0.2) is 0 Å². The molecule has 1 unspecified atom stereocenters. The molecule has 1 atom stereocenters. The summed E-state index contributed by atoms with van der Waals surface area (Å²) >= 11 is 0. The Morgan fingerprint density at radius 2 is 2.28 bits per heavy atom. The molecule has 2 aromatic rings. The van der Waals surface area contributed by atoms with Gasteiger partial charge in [0.2, 0.25) is 0 Å². The van der Waals surface area contributed by atoms with Crippen LogP contribution in [0.15, 0.2) is 35.1 Å². The fourth-order valence-electron chi connectivity index (χ4n) is 2.25. The maximum Gasteiger partial charge on any atom is 0.103 e. The van der Waals surface area contributed by atoms with Crippen LogP contribution in [0.5, 0.6) is 0 Å². The summed E-state index contributed by atoms with van der Waals surface area (Å²) in [5, 5.41) is 7.86. The largest absolute Gasteiger partial charge is 0.469 e. The zero-order valence-electron chi connectivity index (χ0n) is 11.1. The summed E-state index contributed by atoms with van der Waals surface area (Å²) < 4.78 is 7.44. The van der Waals surface area contributed by atoms with Gasteiger partial charge in [0, 0.05) is 25.2 Å². The van der Waals surface area contributed by atoms with E-state index in [1.165, 1.54) is 5.69 Å². The van der Waals surface area contributed by atoms with Crippen LogP contribution < -0.4 is 5.32 Å². The lowest BCUT2D eigenvalue weighted by Crippen LogP contribution is -2.24. The Kier molecular flexibility index (Phi) is 4.59. The first-order chi connectivity index (χ1) is 8.85. The zero-order valence-corrected chi connectivity index (χ0v) is 11.1. The highest BCUT2D eigenvalue weighted by Crippen LogP contribution is 2.19. The molecule has 0 aliphatic rings. The monoisotopic (exact) mass is 247 g/mol. The molecule has 0 radical (unpaired) electrons. The SMILES string of the molecule is CCNC(CCc1ccco1)c1ccnn1CC. The van der Waals surface area contributed by atoms with Crippen LogP contribution in [0.3, 0.4) is 0 Å². The summed E-state index contributed by atoms with van der Waals surface area (Å²) in [6.45, 7) is 6.11. The van der Waals surface area contributed by atoms with Gasteiger partial charge in [-0.05, 0) is 38.1 Å². The van der Waals surface area contributed by atoms with Gasteiger partial charge in [0.05, 0.1) is 12.0 Å². The maximum absolute atomic E-state index is 5.39. The van der Waals surface area contributed by atoms with Crippen LogP contribution in [0.25, 0.3) is 0 Å². The first-order valence-corrected chi connectivity index (χ1v) is 6.62. The second-order valence-corrected chi connectivity index (χ2v) is 4.30. The van der Waals surface area contributed by atoms with Gasteiger partial charge < -0.3 is 9.73 Å². The van der Waals surface area contributed by atoms with Gasteiger partial charge >= 0.3 is 0 Å². The average Bonchev–Trinajstić information content (AvgIpc) is 3.04. The number of rotatable bonds is 7. The molecule has 0 aromatic carbocycles. The van der Waals surface area contributed by atoms with E-state index in [0.717, 1.165) is 31.7 Å². The molecule has 4 heteroatoms. The van der Waals surface area contributed by atoms with Crippen molar-refractivity contribution < 1.29 is 4.42 Å². The molecule has 0 aliphatic carbocycles. The molecule has 98 valence electrons. The molecule has 4 nitrogen and oxygen atoms in total. The lowest BCUT2D eigenvalue weighted by atomic mass is 10.1. The van der Waals surface area contributed by atoms with Crippen molar-refractivity contribution >= 4 is 0 Å². The third kappa shape index (κ3) is 3.01. The van der Waals surface area contributed by atoms with Crippen LogP contribution in [0.1, 0.15) is 37.8 Å². The van der Waals surface area contributed by atoms with Gasteiger partial charge in [-0.1, -0.05) is 6.92 Å². The number of aryl methyl sites for hydroxylation is 2. The highest BCUT2D eigenvalue weighted by atomic mass is 16.3. The molecule has 0 saturated carbocycles. The highest BCUT2D eigenvalue weighted by molar-refractivity contribution is 5.08. The molecule has 2 aromatic heterocycles. The molecule has 0 amide bonds. The second-order valence-electron chi connectivity index (χ2n) is 4.30. The van der Waals surface area contributed by atoms with E-state index in [-0.39, 0.29) is 0 Å². The summed E-state index contributed by atoms with van der Waals surface area (Å²) in [5.41, 5.74) is 1.26. The number of hydrogen-bond donors (Lipinski definition) is 1. The molecule has 2 heterocycles. The number of nitrogens with zero attached hydrogens (tertiary/aromatic N) is 2. The van der Waals surface area contributed by atoms with E-state index in [0.29, 0.717) is 6.04 Å². The smallest absolute Gasteiger partial charge is 0.103 e. The molecule has 0 spiro atoms. The van der Waals surface area contributed by atoms with Gasteiger partial charge in [-0.15, -0.1) is 0 Å². The van der Waals surface area contributed by atoms with Crippen LogP contribution in [0, 0.1) is 0 Å². The van der Waals surface area contributed by atoms with Crippen molar-refractivity contribution in [3.05, 3.63) is 42.1 Å². The Bertz CT molecular complexity index is 447. The number of aromatic nitrogens is 2. The minimum atomic E-state index is 0.336. The van der Waals surface area contributed by atoms with Crippen LogP contribution in [0.4, 0.5) is 0 Å². The Hall–Kier alpha value is -1.55. The van der Waals surface area contributed by atoms with Crippen LogP contribution >= 0.6 is 0 Å². The minimum absolute atomic E-state index is 0.336. The molecule has 2 rings (SSSR count). The molecule has 1 N–H and O–H groups in total. The van der Waals surface area contributed by atoms with E-state index < -0.39 is 0 Å². The summed E-state index contributed by atoms with van der Waals surface area (Å²) in [7, 11) is 0. The van der Waals surface area contributed by atoms with Gasteiger partial charge in [0.1, 0.15) is 5.76 Å². The summed E-state index contributed by atoms with van der Waals surface area (Å²) in [6.07, 6.45) is 5.57. The van der Waals surface area contributed by atoms with Crippen molar-refractivity contribution in [3.63, 3.8) is 0 Å². The van der Waals surface area contributed by atoms with E-state index in [4.69, 9.17) is 4.42 Å². The van der Waals surface area contributed by atoms with Gasteiger partial charge in [0.15, 0.2) is 0 Å². The van der Waals surface area contributed by atoms with E-state index in [2.05, 4.69) is 35.0 Å². The second kappa shape index (κ2) is 6.40. The van der Waals surface area contributed by atoms with Crippen molar-refractivity contribution in [3.8, 4) is 0 Å². The maximum atomic E-state index is 5.39. The highest BCUT2D eigenvalue weighted by Gasteiger charge is 2.15. The Morgan fingerprint density at radius 1 is 1.39 bits per heavy atom. The summed E-state index contributed by atoms with van der Waals surface area (Å²) in [6, 6.07) is 6.40. The van der Waals surface area contributed by atoms with Gasteiger partial charge in [-0.2, -0.15) is 5.10 Å². The molecule has 18 heavy (non-hydrogen) atoms. The zero-order chi connectivity index (χ0) is 12.8. The van der Waals surface area contributed by atoms with Crippen molar-refractivity contribution in [1.29, 1.82) is 0 Å². The first kappa shape index (κ1) is 12.9. The third-order valence-electron chi connectivity index (χ3n) is 3.12. The van der Waals surface area contributed by atoms with Crippen LogP contribution in [-0.2, 0) is 13.0 Å². The summed E-state index contributed by atoms with van der Waals surface area (Å²) in [4.78, 5) is 0. The van der Waals surface area contributed by atoms with E-state index >= 15 is 0 Å². The minimum Gasteiger partial charge on any atom is -0.469 e. The van der Waals surface area contributed by atoms with E-state index in [1.54, 1.807) is 6.26 Å². The van der Waals surface area contributed by atoms with Gasteiger partial charge in [0.25, 0.3) is 0 Å². The number of nitrogens with one attached hydrogen (secondary N) is 1. The lowest BCUT2D eigenvalue weighted by molar-refractivity contribution is 0.436. The Labute approximate surface area is 108 Å². The molecule has 0 fully saturated rings. The predicted octanol–water partition coefficient (Wildman–Crippen LogP) is 2.78. The number of furan rings is 1. The van der Waals surface area contributed by atoms with Crippen molar-refractivity contribution in [2.24, 2.45) is 0 Å². The van der Waals surface area contributed by atoms with Crippen LogP contribution in [0.2, 0.25) is 0 Å². The predicted molar refractivity (Wildman–Crippen MR) is 71.3 cm³/mol. The molecular weight excluding hydrogens is 226 g/mol. The van der Waals surface area contributed by atoms with Gasteiger partial charge in [-0.3, -0.25) is 4.68 Å². The number of hydrogen-bond acceptors (Lipinski definition) is 3. The van der Waals surface area contributed by atoms with Crippen molar-refractivity contribution in [2.45, 2.75) is 39.3 Å². The van der Waals surface area contributed by atoms with E-state index in [1.807, 2.05) is 18.3 Å². The van der Waals surface area contributed by atoms with E-state index in [9.17, 15) is 0 Å². The third-order valence-corrected chi connectivity index (χ3v) is 3.12. The van der Waals surface area contributed by atoms with Crippen LogP contribution in [-0.4, -0.2) is 16.3 Å². The fraction of sp³-hybridized carbons (Fsp3) is 0.500. The Morgan fingerprint density at radius 3 is 2.94 bits per heavy atom. The molecular formula is C14H21N3O. The molecule has 0 aliphatic heterocycles. The normalized spacial score (nSPS) is 12.8. The van der Waals surface area contributed by atoms with Crippen molar-refractivity contribution in [2.75, 3.05) is 6.54 Å². The first-order valence-electron chi connectivity index (χ1n) is 6.62. The average molecular weight is 247 g/mol. The quantitative estimate of drug-likeness (QED) is 0.818. The standard InChI is InChI=1S/C14H21N3O/c1-3-15-13(8-7-12-6-5-11-18-12)14-9-10-16-17(14)4-2/h5-6,9-11,13,15H,3-4,7-8H2,1-2H3. The fourth-order valence-corrected chi connectivity index (χ4v) is 2.25. The molecule has 0 saturated heterocycles. The summed E-state index contributed by atoms with van der Waals surface area (Å²) in [5.74, 6) is 1.04. The topological polar surface area (TPSA) is 43.0 Å². The Balaban J connectivity index is 2.03.